The molecule has 0 spiro atoms. The minimum absolute atomic E-state index is 0.126. The lowest BCUT2D eigenvalue weighted by Crippen LogP contribution is -2.09. The number of pyridine rings is 1. The highest BCUT2D eigenvalue weighted by Gasteiger charge is 2.31. The van der Waals surface area contributed by atoms with E-state index in [-0.39, 0.29) is 17.2 Å². The summed E-state index contributed by atoms with van der Waals surface area (Å²) in [6, 6.07) is 8.44. The Morgan fingerprint density at radius 2 is 1.93 bits per heavy atom. The number of allylic oxidation sites excluding steroid dienone is 2. The van der Waals surface area contributed by atoms with Crippen molar-refractivity contribution in [3.8, 4) is 11.5 Å². The molecule has 27 heavy (non-hydrogen) atoms. The van der Waals surface area contributed by atoms with Gasteiger partial charge in [0.25, 0.3) is 0 Å². The van der Waals surface area contributed by atoms with Crippen LogP contribution in [-0.2, 0) is 10.9 Å². The molecule has 1 aromatic carbocycles. The molecule has 3 aromatic rings. The van der Waals surface area contributed by atoms with Crippen molar-refractivity contribution < 1.29 is 17.9 Å². The first-order valence-electron chi connectivity index (χ1n) is 7.79. The summed E-state index contributed by atoms with van der Waals surface area (Å²) in [4.78, 5) is 8.54. The molecule has 0 radical (unpaired) electrons. The summed E-state index contributed by atoms with van der Waals surface area (Å²) >= 11 is 0. The van der Waals surface area contributed by atoms with Crippen LogP contribution >= 0.6 is 0 Å². The average Bonchev–Trinajstić information content (AvgIpc) is 3.04. The average molecular weight is 375 g/mol. The van der Waals surface area contributed by atoms with Crippen LogP contribution in [0.1, 0.15) is 5.56 Å². The van der Waals surface area contributed by atoms with Gasteiger partial charge in [-0.25, -0.2) is 4.98 Å². The number of rotatable bonds is 4. The van der Waals surface area contributed by atoms with E-state index in [9.17, 15) is 13.2 Å². The third-order valence-corrected chi connectivity index (χ3v) is 3.79. The molecule has 0 saturated carbocycles. The summed E-state index contributed by atoms with van der Waals surface area (Å²) in [5.74, 6) is 0.627. The fourth-order valence-corrected chi connectivity index (χ4v) is 2.49. The molecule has 0 saturated heterocycles. The number of benzene rings is 1. The molecule has 0 bridgehead atoms. The highest BCUT2D eigenvalue weighted by Crippen LogP contribution is 2.33. The fraction of sp³-hybridized carbons (Fsp3) is 0.111. The number of hydrogen-bond donors (Lipinski definition) is 2. The zero-order chi connectivity index (χ0) is 19.6. The molecule has 0 aliphatic rings. The van der Waals surface area contributed by atoms with Crippen molar-refractivity contribution in [1.29, 1.82) is 0 Å². The molecule has 0 fully saturated rings. The quantitative estimate of drug-likeness (QED) is 0.539. The first-order valence-corrected chi connectivity index (χ1v) is 7.79. The van der Waals surface area contributed by atoms with Crippen LogP contribution in [0.15, 0.2) is 60.6 Å². The van der Waals surface area contributed by atoms with Crippen molar-refractivity contribution in [2.45, 2.75) is 6.18 Å². The van der Waals surface area contributed by atoms with Crippen LogP contribution < -0.4 is 11.5 Å². The Bertz CT molecular complexity index is 1020. The number of fused-ring (bicyclic) bond motifs is 1. The van der Waals surface area contributed by atoms with Crippen molar-refractivity contribution >= 4 is 16.9 Å². The number of ether oxygens (including phenoxy) is 1. The lowest BCUT2D eigenvalue weighted by Gasteiger charge is -2.09. The molecule has 2 heterocycles. The lowest BCUT2D eigenvalue weighted by molar-refractivity contribution is -0.137. The smallest absolute Gasteiger partial charge is 0.416 e. The van der Waals surface area contributed by atoms with Crippen molar-refractivity contribution in [2.24, 2.45) is 11.5 Å². The Labute approximate surface area is 152 Å². The molecule has 0 atom stereocenters. The molecule has 0 unspecified atom stereocenters. The van der Waals surface area contributed by atoms with Crippen LogP contribution in [0.4, 0.5) is 13.2 Å². The first-order chi connectivity index (χ1) is 12.8. The Morgan fingerprint density at radius 1 is 1.15 bits per heavy atom. The van der Waals surface area contributed by atoms with E-state index >= 15 is 0 Å². The fourth-order valence-electron chi connectivity index (χ4n) is 2.49. The molecule has 3 rings (SSSR count). The maximum absolute atomic E-state index is 13.0. The molecule has 9 heteroatoms. The minimum Gasteiger partial charge on any atom is -0.483 e. The Morgan fingerprint density at radius 3 is 2.56 bits per heavy atom. The van der Waals surface area contributed by atoms with E-state index in [0.29, 0.717) is 17.0 Å². The van der Waals surface area contributed by atoms with Gasteiger partial charge in [-0.1, -0.05) is 6.07 Å². The third-order valence-electron chi connectivity index (χ3n) is 3.79. The number of alkyl halides is 3. The van der Waals surface area contributed by atoms with Gasteiger partial charge in [0.15, 0.2) is 11.7 Å². The molecular weight excluding hydrogens is 359 g/mol. The Kier molecular flexibility index (Phi) is 4.76. The molecule has 2 aromatic heterocycles. The number of methoxy groups -OCH3 is 1. The number of aromatic nitrogens is 3. The topological polar surface area (TPSA) is 92.0 Å². The maximum atomic E-state index is 13.0. The second-order valence-electron chi connectivity index (χ2n) is 5.55. The van der Waals surface area contributed by atoms with Gasteiger partial charge in [0.1, 0.15) is 11.5 Å². The molecule has 140 valence electrons. The number of nitrogens with two attached hydrogens (primary N) is 2. The minimum atomic E-state index is -4.47. The van der Waals surface area contributed by atoms with Gasteiger partial charge in [0.05, 0.1) is 23.7 Å². The van der Waals surface area contributed by atoms with E-state index in [1.807, 2.05) is 0 Å². The van der Waals surface area contributed by atoms with Gasteiger partial charge in [-0.3, -0.25) is 9.55 Å². The van der Waals surface area contributed by atoms with Crippen LogP contribution in [0.3, 0.4) is 0 Å². The second-order valence-corrected chi connectivity index (χ2v) is 5.55. The highest BCUT2D eigenvalue weighted by atomic mass is 19.4. The van der Waals surface area contributed by atoms with E-state index < -0.39 is 11.7 Å². The zero-order valence-electron chi connectivity index (χ0n) is 14.2. The summed E-state index contributed by atoms with van der Waals surface area (Å²) in [7, 11) is 1.40. The van der Waals surface area contributed by atoms with Gasteiger partial charge in [-0.2, -0.15) is 13.2 Å². The maximum Gasteiger partial charge on any atom is 0.416 e. The number of hydrogen-bond acceptors (Lipinski definition) is 5. The number of halogens is 3. The van der Waals surface area contributed by atoms with E-state index in [1.54, 1.807) is 24.4 Å². The first kappa shape index (κ1) is 18.3. The van der Waals surface area contributed by atoms with Crippen molar-refractivity contribution in [2.75, 3.05) is 7.11 Å². The number of nitrogens with zero attached hydrogens (tertiary/aromatic N) is 3. The predicted molar refractivity (Wildman–Crippen MR) is 95.7 cm³/mol. The molecule has 0 amide bonds. The standard InChI is InChI=1S/C18H16F3N5O/c1-27-16(23)8-7-15(22)26-14-6-5-11(18(19,20)21)10-13(14)25-17(26)12-4-2-3-9-24-12/h2-10H,22-23H2,1H3/b15-7+,16-8+. The van der Waals surface area contributed by atoms with Gasteiger partial charge in [-0.05, 0) is 36.4 Å². The zero-order valence-corrected chi connectivity index (χ0v) is 14.2. The molecule has 0 aliphatic carbocycles. The largest absolute Gasteiger partial charge is 0.483 e. The summed E-state index contributed by atoms with van der Waals surface area (Å²) < 4.78 is 45.5. The van der Waals surface area contributed by atoms with Gasteiger partial charge in [0.2, 0.25) is 0 Å². The molecule has 4 N–H and O–H groups in total. The monoisotopic (exact) mass is 375 g/mol. The normalized spacial score (nSPS) is 13.2. The molecular formula is C18H16F3N5O. The second kappa shape index (κ2) is 7.02. The van der Waals surface area contributed by atoms with Crippen LogP contribution in [0.5, 0.6) is 0 Å². The van der Waals surface area contributed by atoms with Crippen molar-refractivity contribution in [1.82, 2.24) is 14.5 Å². The van der Waals surface area contributed by atoms with Gasteiger partial charge < -0.3 is 16.2 Å². The highest BCUT2D eigenvalue weighted by molar-refractivity contribution is 5.85. The summed E-state index contributed by atoms with van der Waals surface area (Å²) in [5, 5.41) is 0. The van der Waals surface area contributed by atoms with Gasteiger partial charge in [0, 0.05) is 12.3 Å². The SMILES string of the molecule is CO/C(N)=C/C=C(\N)n1c(-c2ccccn2)nc2cc(C(F)(F)F)ccc21. The summed E-state index contributed by atoms with van der Waals surface area (Å²) in [6.07, 6.45) is 0.000560. The summed E-state index contributed by atoms with van der Waals surface area (Å²) in [6.45, 7) is 0. The lowest BCUT2D eigenvalue weighted by atomic mass is 10.2. The van der Waals surface area contributed by atoms with Crippen molar-refractivity contribution in [3.05, 3.63) is 66.2 Å². The van der Waals surface area contributed by atoms with Crippen LogP contribution in [-0.4, -0.2) is 21.6 Å². The third kappa shape index (κ3) is 3.71. The Hall–Kier alpha value is -3.49. The number of imidazole rings is 1. The van der Waals surface area contributed by atoms with E-state index in [1.165, 1.54) is 29.9 Å². The van der Waals surface area contributed by atoms with Crippen LogP contribution in [0.2, 0.25) is 0 Å². The van der Waals surface area contributed by atoms with Gasteiger partial charge >= 0.3 is 6.18 Å². The van der Waals surface area contributed by atoms with Gasteiger partial charge in [-0.15, -0.1) is 0 Å². The van der Waals surface area contributed by atoms with Crippen LogP contribution in [0.25, 0.3) is 28.4 Å². The predicted octanol–water partition coefficient (Wildman–Crippen LogP) is 3.32. The van der Waals surface area contributed by atoms with Crippen molar-refractivity contribution in [3.63, 3.8) is 0 Å². The van der Waals surface area contributed by atoms with Crippen LogP contribution in [0, 0.1) is 0 Å². The van der Waals surface area contributed by atoms with E-state index in [0.717, 1.165) is 12.1 Å². The molecule has 6 nitrogen and oxygen atoms in total. The van der Waals surface area contributed by atoms with E-state index in [4.69, 9.17) is 16.2 Å². The molecule has 0 aliphatic heterocycles. The summed E-state index contributed by atoms with van der Waals surface area (Å²) in [5.41, 5.74) is 11.9. The van der Waals surface area contributed by atoms with E-state index in [2.05, 4.69) is 9.97 Å². The Balaban J connectivity index is 2.25.